The van der Waals surface area contributed by atoms with E-state index < -0.39 is 29.7 Å². The maximum absolute atomic E-state index is 13.6. The van der Waals surface area contributed by atoms with Gasteiger partial charge in [-0.05, 0) is 126 Å². The van der Waals surface area contributed by atoms with Gasteiger partial charge in [-0.1, -0.05) is 0 Å². The highest BCUT2D eigenvalue weighted by molar-refractivity contribution is 7.21. The number of benzene rings is 2. The molecule has 2 N–H and O–H groups in total. The van der Waals surface area contributed by atoms with Gasteiger partial charge in [0.1, 0.15) is 17.5 Å². The van der Waals surface area contributed by atoms with Crippen LogP contribution >= 0.6 is 11.3 Å². The number of carbonyl (C=O) groups is 5. The average molecular weight is 907 g/mol. The van der Waals surface area contributed by atoms with E-state index in [0.717, 1.165) is 110 Å². The van der Waals surface area contributed by atoms with Crippen molar-refractivity contribution in [3.8, 4) is 22.6 Å². The van der Waals surface area contributed by atoms with Gasteiger partial charge >= 0.3 is 0 Å². The number of fused-ring (bicyclic) bond motifs is 2. The Bertz CT molecular complexity index is 2600. The minimum atomic E-state index is -0.973. The molecule has 2 aromatic carbocycles. The monoisotopic (exact) mass is 906 g/mol. The van der Waals surface area contributed by atoms with Crippen molar-refractivity contribution in [2.45, 2.75) is 51.1 Å². The number of nitrogens with one attached hydrogen (secondary N) is 2. The molecule has 2 aromatic heterocycles. The molecule has 9 rings (SSSR count). The molecule has 1 aliphatic carbocycles. The summed E-state index contributed by atoms with van der Waals surface area (Å²) >= 11 is 1.35. The normalized spacial score (nSPS) is 21.1. The lowest BCUT2D eigenvalue weighted by Crippen LogP contribution is -2.54. The average Bonchev–Trinajstić information content (AvgIpc) is 3.64. The fourth-order valence-electron chi connectivity index (χ4n) is 10.4. The van der Waals surface area contributed by atoms with E-state index >= 15 is 0 Å². The van der Waals surface area contributed by atoms with E-state index in [2.05, 4.69) is 30.2 Å². The van der Waals surface area contributed by atoms with Gasteiger partial charge in [0.25, 0.3) is 23.3 Å². The molecule has 5 amide bonds. The molecule has 0 radical (unpaired) electrons. The van der Waals surface area contributed by atoms with Crippen LogP contribution in [-0.4, -0.2) is 147 Å². The Kier molecular flexibility index (Phi) is 12.3. The van der Waals surface area contributed by atoms with Crippen LogP contribution in [0, 0.1) is 11.3 Å². The van der Waals surface area contributed by atoms with Gasteiger partial charge in [-0.2, -0.15) is 0 Å². The van der Waals surface area contributed by atoms with E-state index in [9.17, 15) is 28.8 Å². The fourth-order valence-corrected chi connectivity index (χ4v) is 11.5. The first kappa shape index (κ1) is 44.6. The Balaban J connectivity index is 0.728. The molecule has 1 saturated carbocycles. The summed E-state index contributed by atoms with van der Waals surface area (Å²) in [6.45, 7) is 8.87. The predicted octanol–water partition coefficient (Wildman–Crippen LogP) is 3.79. The summed E-state index contributed by atoms with van der Waals surface area (Å²) in [4.78, 5) is 88.4. The van der Waals surface area contributed by atoms with Gasteiger partial charge in [-0.25, -0.2) is 0 Å². The number of aromatic nitrogens is 1. The first-order valence-corrected chi connectivity index (χ1v) is 23.5. The number of hydrogen-bond donors (Lipinski definition) is 2. The topological polar surface area (TPSA) is 166 Å². The number of aryl methyl sites for hydroxylation is 1. The Hall–Kier alpha value is -5.62. The number of thiophene rings is 1. The molecule has 2 atom stereocenters. The van der Waals surface area contributed by atoms with Crippen molar-refractivity contribution in [2.24, 2.45) is 18.4 Å². The van der Waals surface area contributed by atoms with Crippen LogP contribution < -0.4 is 30.6 Å². The summed E-state index contributed by atoms with van der Waals surface area (Å²) in [5.41, 5.74) is 4.25. The quantitative estimate of drug-likeness (QED) is 0.176. The molecule has 4 fully saturated rings. The third kappa shape index (κ3) is 8.66. The van der Waals surface area contributed by atoms with Gasteiger partial charge in [-0.3, -0.25) is 43.9 Å². The predicted molar refractivity (Wildman–Crippen MR) is 248 cm³/mol. The molecule has 17 heteroatoms. The van der Waals surface area contributed by atoms with Crippen molar-refractivity contribution in [3.63, 3.8) is 0 Å². The van der Waals surface area contributed by atoms with Gasteiger partial charge in [0.15, 0.2) is 0 Å². The zero-order chi connectivity index (χ0) is 45.7. The smallest absolute Gasteiger partial charge is 0.262 e. The highest BCUT2D eigenvalue weighted by Gasteiger charge is 2.54. The maximum atomic E-state index is 13.6. The highest BCUT2D eigenvalue weighted by atomic mass is 32.1. The fraction of sp³-hybridized carbons (Fsp3) is 0.500. The van der Waals surface area contributed by atoms with Crippen LogP contribution in [0.4, 0.5) is 5.69 Å². The minimum Gasteiger partial charge on any atom is -0.496 e. The van der Waals surface area contributed by atoms with Crippen molar-refractivity contribution >= 4 is 56.6 Å². The molecule has 5 aliphatic rings. The van der Waals surface area contributed by atoms with Crippen molar-refractivity contribution in [3.05, 3.63) is 74.5 Å². The molecule has 6 heterocycles. The Labute approximate surface area is 382 Å². The molecule has 65 heavy (non-hydrogen) atoms. The molecule has 344 valence electrons. The van der Waals surface area contributed by atoms with Gasteiger partial charge in [-0.15, -0.1) is 11.3 Å². The van der Waals surface area contributed by atoms with Crippen LogP contribution in [-0.2, 0) is 23.2 Å². The zero-order valence-electron chi connectivity index (χ0n) is 37.9. The Morgan fingerprint density at radius 1 is 0.877 bits per heavy atom. The lowest BCUT2D eigenvalue weighted by molar-refractivity contribution is -0.136. The van der Waals surface area contributed by atoms with Crippen molar-refractivity contribution < 1.29 is 33.4 Å². The van der Waals surface area contributed by atoms with Crippen LogP contribution in [0.15, 0.2) is 47.4 Å². The minimum absolute atomic E-state index is 0.0917. The number of methoxy groups -OCH3 is 2. The summed E-state index contributed by atoms with van der Waals surface area (Å²) in [7, 11) is 9.00. The maximum Gasteiger partial charge on any atom is 0.262 e. The lowest BCUT2D eigenvalue weighted by Gasteiger charge is -2.37. The summed E-state index contributed by atoms with van der Waals surface area (Å²) in [6.07, 6.45) is 6.53. The Morgan fingerprint density at radius 3 is 2.22 bits per heavy atom. The molecule has 1 spiro atoms. The number of likely N-dealkylation sites (tertiary alicyclic amines) is 1. The molecule has 0 bridgehead atoms. The van der Waals surface area contributed by atoms with E-state index in [1.165, 1.54) is 11.3 Å². The summed E-state index contributed by atoms with van der Waals surface area (Å²) in [5, 5.41) is 5.98. The molecule has 16 nitrogen and oxygen atoms in total. The number of piperidine rings is 2. The number of ether oxygens (including phenoxy) is 2. The highest BCUT2D eigenvalue weighted by Crippen LogP contribution is 2.59. The van der Waals surface area contributed by atoms with E-state index in [4.69, 9.17) is 9.47 Å². The summed E-state index contributed by atoms with van der Waals surface area (Å²) in [5.74, 6) is -0.270. The summed E-state index contributed by atoms with van der Waals surface area (Å²) in [6, 6.07) is 10.0. The van der Waals surface area contributed by atoms with Gasteiger partial charge < -0.3 is 34.1 Å². The van der Waals surface area contributed by atoms with Crippen molar-refractivity contribution in [1.29, 1.82) is 0 Å². The molecular weight excluding hydrogens is 849 g/mol. The molecule has 4 aromatic rings. The number of amides is 5. The van der Waals surface area contributed by atoms with Gasteiger partial charge in [0.2, 0.25) is 11.8 Å². The molecular formula is C48H58N8O8S. The number of imide groups is 2. The molecule has 4 aliphatic heterocycles. The zero-order valence-corrected chi connectivity index (χ0v) is 38.7. The molecule has 2 unspecified atom stereocenters. The molecule has 3 saturated heterocycles. The first-order valence-electron chi connectivity index (χ1n) is 22.6. The van der Waals surface area contributed by atoms with Crippen LogP contribution in [0.5, 0.6) is 11.5 Å². The number of pyridine rings is 1. The van der Waals surface area contributed by atoms with Crippen molar-refractivity contribution in [2.75, 3.05) is 92.1 Å². The standard InChI is InChI=1S/C48H58N8O8S/c1-51(2)27-36-38(63-4)21-29(22-39(36)64-5)35-28-52(3)45(60)34-24-40(65-42(34)35)44(59)49-26-30-25-48(30)11-15-53(16-12-48)13-6-14-54-17-19-55(20-18-54)31-7-8-32-33(23-31)47(62)56(46(32)61)37-9-10-41(57)50-43(37)58/h7-8,21-24,28,30,37H,6,9-20,25-27H2,1-5H3,(H,49,59)(H,50,57,58). The van der Waals surface area contributed by atoms with Crippen LogP contribution in [0.3, 0.4) is 0 Å². The lowest BCUT2D eigenvalue weighted by atomic mass is 9.90. The number of hydrogen-bond acceptors (Lipinski definition) is 13. The number of piperazine rings is 1. The van der Waals surface area contributed by atoms with Crippen LogP contribution in [0.2, 0.25) is 0 Å². The van der Waals surface area contributed by atoms with Crippen LogP contribution in [0.1, 0.15) is 74.5 Å². The number of carbonyl (C=O) groups excluding carboxylic acids is 5. The van der Waals surface area contributed by atoms with E-state index in [1.807, 2.05) is 38.5 Å². The van der Waals surface area contributed by atoms with E-state index in [-0.39, 0.29) is 24.3 Å². The first-order chi connectivity index (χ1) is 31.3. The van der Waals surface area contributed by atoms with Gasteiger partial charge in [0, 0.05) is 74.9 Å². The third-order valence-corrected chi connectivity index (χ3v) is 15.5. The number of nitrogens with zero attached hydrogens (tertiary/aromatic N) is 6. The largest absolute Gasteiger partial charge is 0.496 e. The second-order valence-electron chi connectivity index (χ2n) is 18.6. The van der Waals surface area contributed by atoms with Crippen molar-refractivity contribution in [1.82, 2.24) is 34.8 Å². The second kappa shape index (κ2) is 18.0. The Morgan fingerprint density at radius 2 is 1.55 bits per heavy atom. The number of rotatable bonds is 14. The van der Waals surface area contributed by atoms with Crippen LogP contribution in [0.25, 0.3) is 21.2 Å². The SMILES string of the molecule is COc1cc(-c2cn(C)c(=O)c3cc(C(=O)NCC4CC45CCN(CCCN4CCN(c6ccc7c(c6)C(=O)N(C6CCC(=O)NC6=O)C7=O)CC4)CC5)sc23)cc(OC)c1CN(C)C. The van der Waals surface area contributed by atoms with Gasteiger partial charge in [0.05, 0.1) is 41.2 Å². The van der Waals surface area contributed by atoms with E-state index in [1.54, 1.807) is 44.0 Å². The summed E-state index contributed by atoms with van der Waals surface area (Å²) < 4.78 is 13.9. The number of anilines is 1. The second-order valence-corrected chi connectivity index (χ2v) is 19.6. The van der Waals surface area contributed by atoms with E-state index in [0.29, 0.717) is 57.3 Å². The third-order valence-electron chi connectivity index (χ3n) is 14.3.